The molecule has 0 fully saturated rings. The molecule has 5 heteroatoms. The first-order valence-electron chi connectivity index (χ1n) is 3.83. The molecule has 2 N–H and O–H groups in total. The minimum atomic E-state index is -4.14. The highest BCUT2D eigenvalue weighted by molar-refractivity contribution is 5.10. The lowest BCUT2D eigenvalue weighted by atomic mass is 10.1. The van der Waals surface area contributed by atoms with Crippen molar-refractivity contribution in [1.82, 2.24) is 0 Å². The first-order valence-corrected chi connectivity index (χ1v) is 3.83. The molecule has 0 amide bonds. The summed E-state index contributed by atoms with van der Waals surface area (Å²) >= 11 is 0. The average molecular weight is 193 g/mol. The van der Waals surface area contributed by atoms with Gasteiger partial charge in [-0.3, -0.25) is 0 Å². The van der Waals surface area contributed by atoms with E-state index in [2.05, 4.69) is 0 Å². The van der Waals surface area contributed by atoms with Gasteiger partial charge in [-0.15, -0.1) is 0 Å². The summed E-state index contributed by atoms with van der Waals surface area (Å²) < 4.78 is 40.0. The average Bonchev–Trinajstić information content (AvgIpc) is 2.50. The van der Waals surface area contributed by atoms with Gasteiger partial charge < -0.3 is 10.2 Å². The fourth-order valence-electron chi connectivity index (χ4n) is 0.972. The van der Waals surface area contributed by atoms with Crippen molar-refractivity contribution in [1.29, 1.82) is 0 Å². The van der Waals surface area contributed by atoms with E-state index in [1.54, 1.807) is 6.07 Å². The Morgan fingerprint density at radius 2 is 2.15 bits per heavy atom. The fraction of sp³-hybridized carbons (Fsp3) is 0.500. The summed E-state index contributed by atoms with van der Waals surface area (Å²) in [5.41, 5.74) is 6.09. The van der Waals surface area contributed by atoms with Gasteiger partial charge in [0, 0.05) is 18.0 Å². The smallest absolute Gasteiger partial charge is 0.389 e. The summed E-state index contributed by atoms with van der Waals surface area (Å²) in [4.78, 5) is 0. The van der Waals surface area contributed by atoms with E-state index < -0.39 is 18.6 Å². The van der Waals surface area contributed by atoms with Crippen molar-refractivity contribution in [3.63, 3.8) is 0 Å². The SMILES string of the molecule is N[C@@H](CCC(F)(F)F)c1ccoc1. The van der Waals surface area contributed by atoms with Crippen LogP contribution in [0.2, 0.25) is 0 Å². The van der Waals surface area contributed by atoms with E-state index >= 15 is 0 Å². The van der Waals surface area contributed by atoms with E-state index in [9.17, 15) is 13.2 Å². The molecule has 74 valence electrons. The van der Waals surface area contributed by atoms with Crippen molar-refractivity contribution in [3.8, 4) is 0 Å². The summed E-state index contributed by atoms with van der Waals surface area (Å²) in [5, 5.41) is 0. The largest absolute Gasteiger partial charge is 0.472 e. The Kier molecular flexibility index (Phi) is 2.98. The zero-order chi connectivity index (χ0) is 9.90. The molecule has 1 atom stereocenters. The van der Waals surface area contributed by atoms with Gasteiger partial charge in [0.25, 0.3) is 0 Å². The number of alkyl halides is 3. The van der Waals surface area contributed by atoms with Crippen LogP contribution in [0, 0.1) is 0 Å². The number of hydrogen-bond acceptors (Lipinski definition) is 2. The number of furan rings is 1. The molecule has 0 aliphatic carbocycles. The molecule has 0 bridgehead atoms. The summed E-state index contributed by atoms with van der Waals surface area (Å²) in [6, 6.07) is 0.974. The third-order valence-corrected chi connectivity index (χ3v) is 1.71. The second kappa shape index (κ2) is 3.83. The number of rotatable bonds is 3. The number of halogens is 3. The van der Waals surface area contributed by atoms with Gasteiger partial charge in [0.05, 0.1) is 12.5 Å². The molecule has 0 radical (unpaired) electrons. The quantitative estimate of drug-likeness (QED) is 0.801. The van der Waals surface area contributed by atoms with E-state index in [0.29, 0.717) is 5.56 Å². The van der Waals surface area contributed by atoms with Crippen molar-refractivity contribution >= 4 is 0 Å². The van der Waals surface area contributed by atoms with Crippen molar-refractivity contribution in [3.05, 3.63) is 24.2 Å². The van der Waals surface area contributed by atoms with Crippen LogP contribution in [0.5, 0.6) is 0 Å². The minimum absolute atomic E-state index is 0.108. The number of hydrogen-bond donors (Lipinski definition) is 1. The van der Waals surface area contributed by atoms with Crippen LogP contribution in [0.4, 0.5) is 13.2 Å². The second-order valence-corrected chi connectivity index (χ2v) is 2.82. The van der Waals surface area contributed by atoms with Crippen LogP contribution < -0.4 is 5.73 Å². The van der Waals surface area contributed by atoms with Crippen molar-refractivity contribution in [2.75, 3.05) is 0 Å². The maximum atomic E-state index is 11.8. The van der Waals surface area contributed by atoms with Gasteiger partial charge >= 0.3 is 6.18 Å². The Bertz CT molecular complexity index is 242. The van der Waals surface area contributed by atoms with Gasteiger partial charge in [0.1, 0.15) is 0 Å². The van der Waals surface area contributed by atoms with E-state index in [-0.39, 0.29) is 6.42 Å². The lowest BCUT2D eigenvalue weighted by molar-refractivity contribution is -0.136. The van der Waals surface area contributed by atoms with Gasteiger partial charge in [-0.25, -0.2) is 0 Å². The van der Waals surface area contributed by atoms with Gasteiger partial charge in [-0.2, -0.15) is 13.2 Å². The van der Waals surface area contributed by atoms with Crippen LogP contribution in [-0.2, 0) is 0 Å². The molecular weight excluding hydrogens is 183 g/mol. The molecule has 0 aliphatic heterocycles. The highest BCUT2D eigenvalue weighted by atomic mass is 19.4. The van der Waals surface area contributed by atoms with E-state index in [1.165, 1.54) is 12.5 Å². The standard InChI is InChI=1S/C8H10F3NO/c9-8(10,11)3-1-7(12)6-2-4-13-5-6/h2,4-5,7H,1,3,12H2/t7-/m0/s1. The molecule has 1 aromatic heterocycles. The molecule has 2 nitrogen and oxygen atoms in total. The van der Waals surface area contributed by atoms with Crippen LogP contribution in [-0.4, -0.2) is 6.18 Å². The Labute approximate surface area is 73.5 Å². The maximum Gasteiger partial charge on any atom is 0.389 e. The Morgan fingerprint density at radius 1 is 1.46 bits per heavy atom. The summed E-state index contributed by atoms with van der Waals surface area (Å²) in [6.45, 7) is 0. The first kappa shape index (κ1) is 10.1. The van der Waals surface area contributed by atoms with Crippen LogP contribution in [0.25, 0.3) is 0 Å². The minimum Gasteiger partial charge on any atom is -0.472 e. The van der Waals surface area contributed by atoms with E-state index in [0.717, 1.165) is 0 Å². The molecule has 1 rings (SSSR count). The predicted octanol–water partition coefficient (Wildman–Crippen LogP) is 2.62. The van der Waals surface area contributed by atoms with Crippen molar-refractivity contribution in [2.24, 2.45) is 5.73 Å². The molecule has 0 spiro atoms. The summed E-state index contributed by atoms with van der Waals surface area (Å²) in [5.74, 6) is 0. The monoisotopic (exact) mass is 193 g/mol. The highest BCUT2D eigenvalue weighted by Crippen LogP contribution is 2.26. The van der Waals surface area contributed by atoms with Crippen LogP contribution in [0.15, 0.2) is 23.0 Å². The van der Waals surface area contributed by atoms with E-state index in [1.807, 2.05) is 0 Å². The molecule has 0 saturated heterocycles. The van der Waals surface area contributed by atoms with Crippen molar-refractivity contribution in [2.45, 2.75) is 25.1 Å². The lowest BCUT2D eigenvalue weighted by Crippen LogP contribution is -2.15. The Hall–Kier alpha value is -0.970. The van der Waals surface area contributed by atoms with Crippen molar-refractivity contribution < 1.29 is 17.6 Å². The Morgan fingerprint density at radius 3 is 2.62 bits per heavy atom. The molecular formula is C8H10F3NO. The molecule has 0 aliphatic rings. The van der Waals surface area contributed by atoms with Gasteiger partial charge in [0.15, 0.2) is 0 Å². The van der Waals surface area contributed by atoms with Crippen LogP contribution >= 0.6 is 0 Å². The molecule has 1 heterocycles. The fourth-order valence-corrected chi connectivity index (χ4v) is 0.972. The van der Waals surface area contributed by atoms with Gasteiger partial charge in [-0.05, 0) is 12.5 Å². The normalized spacial score (nSPS) is 14.5. The third kappa shape index (κ3) is 3.50. The van der Waals surface area contributed by atoms with E-state index in [4.69, 9.17) is 10.2 Å². The second-order valence-electron chi connectivity index (χ2n) is 2.82. The Balaban J connectivity index is 2.39. The lowest BCUT2D eigenvalue weighted by Gasteiger charge is -2.10. The molecule has 0 saturated carbocycles. The zero-order valence-electron chi connectivity index (χ0n) is 6.84. The molecule has 13 heavy (non-hydrogen) atoms. The van der Waals surface area contributed by atoms with Crippen LogP contribution in [0.1, 0.15) is 24.4 Å². The summed E-state index contributed by atoms with van der Waals surface area (Å²) in [6.07, 6.45) is -2.35. The van der Waals surface area contributed by atoms with Gasteiger partial charge in [0.2, 0.25) is 0 Å². The predicted molar refractivity (Wildman–Crippen MR) is 40.9 cm³/mol. The first-order chi connectivity index (χ1) is 5.99. The molecule has 0 aromatic carbocycles. The maximum absolute atomic E-state index is 11.8. The number of nitrogens with two attached hydrogens (primary N) is 1. The van der Waals surface area contributed by atoms with Crippen LogP contribution in [0.3, 0.4) is 0 Å². The van der Waals surface area contributed by atoms with Gasteiger partial charge in [-0.1, -0.05) is 0 Å². The molecule has 0 unspecified atom stereocenters. The highest BCUT2D eigenvalue weighted by Gasteiger charge is 2.27. The molecule has 1 aromatic rings. The topological polar surface area (TPSA) is 39.2 Å². The third-order valence-electron chi connectivity index (χ3n) is 1.71. The summed E-state index contributed by atoms with van der Waals surface area (Å²) in [7, 11) is 0. The zero-order valence-corrected chi connectivity index (χ0v) is 6.84.